The van der Waals surface area contributed by atoms with E-state index in [2.05, 4.69) is 15.9 Å². The fraction of sp³-hybridized carbons (Fsp3) is 0.222. The lowest BCUT2D eigenvalue weighted by Crippen LogP contribution is -1.98. The lowest BCUT2D eigenvalue weighted by atomic mass is 10.1. The Hall–Kier alpha value is -1.10. The third-order valence-electron chi connectivity index (χ3n) is 1.73. The molecule has 5 heteroatoms. The molecule has 0 aliphatic carbocycles. The minimum absolute atomic E-state index is 0.0739. The molecular formula is C9H8BrFO3. The number of phenols is 1. The van der Waals surface area contributed by atoms with Crippen LogP contribution in [0, 0.1) is 5.82 Å². The number of hydrogen-bond donors (Lipinski definition) is 1. The van der Waals surface area contributed by atoms with E-state index >= 15 is 0 Å². The number of carbonyl (C=O) groups excluding carboxylic acids is 1. The normalized spacial score (nSPS) is 10.0. The van der Waals surface area contributed by atoms with Crippen molar-refractivity contribution in [3.8, 4) is 11.5 Å². The molecule has 0 heterocycles. The Morgan fingerprint density at radius 2 is 2.21 bits per heavy atom. The van der Waals surface area contributed by atoms with Gasteiger partial charge in [-0.15, -0.1) is 0 Å². The number of aromatic hydroxyl groups is 1. The van der Waals surface area contributed by atoms with Crippen LogP contribution in [-0.2, 0) is 0 Å². The number of halogens is 2. The molecule has 1 aromatic carbocycles. The summed E-state index contributed by atoms with van der Waals surface area (Å²) in [5.74, 6) is -2.15. The zero-order valence-electron chi connectivity index (χ0n) is 7.60. The van der Waals surface area contributed by atoms with Gasteiger partial charge in [0.25, 0.3) is 0 Å². The van der Waals surface area contributed by atoms with Crippen molar-refractivity contribution >= 4 is 21.7 Å². The van der Waals surface area contributed by atoms with Crippen molar-refractivity contribution in [2.45, 2.75) is 6.92 Å². The van der Waals surface area contributed by atoms with E-state index in [1.165, 1.54) is 20.1 Å². The predicted molar refractivity (Wildman–Crippen MR) is 52.3 cm³/mol. The van der Waals surface area contributed by atoms with Gasteiger partial charge in [0.2, 0.25) is 5.82 Å². The second-order valence-electron chi connectivity index (χ2n) is 2.66. The minimum Gasteiger partial charge on any atom is -0.504 e. The van der Waals surface area contributed by atoms with Gasteiger partial charge in [-0.3, -0.25) is 4.79 Å². The summed E-state index contributed by atoms with van der Waals surface area (Å²) in [7, 11) is 1.27. The molecule has 0 atom stereocenters. The number of benzene rings is 1. The first-order valence-electron chi connectivity index (χ1n) is 3.75. The van der Waals surface area contributed by atoms with Crippen LogP contribution in [0.25, 0.3) is 0 Å². The molecule has 0 aromatic heterocycles. The SMILES string of the molecule is COc1c(Br)cc(C(C)=O)c(O)c1F. The molecule has 1 rings (SSSR count). The Balaban J connectivity index is 3.47. The second kappa shape index (κ2) is 3.96. The third kappa shape index (κ3) is 1.72. The van der Waals surface area contributed by atoms with Crippen LogP contribution < -0.4 is 4.74 Å². The molecule has 76 valence electrons. The summed E-state index contributed by atoms with van der Waals surface area (Å²) in [6, 6.07) is 1.32. The topological polar surface area (TPSA) is 46.5 Å². The fourth-order valence-corrected chi connectivity index (χ4v) is 1.61. The lowest BCUT2D eigenvalue weighted by Gasteiger charge is -2.08. The van der Waals surface area contributed by atoms with Crippen molar-refractivity contribution in [1.29, 1.82) is 0 Å². The van der Waals surface area contributed by atoms with E-state index in [9.17, 15) is 14.3 Å². The van der Waals surface area contributed by atoms with Crippen LogP contribution in [-0.4, -0.2) is 18.0 Å². The monoisotopic (exact) mass is 262 g/mol. The quantitative estimate of drug-likeness (QED) is 0.834. The molecule has 0 saturated heterocycles. The summed E-state index contributed by atoms with van der Waals surface area (Å²) in [4.78, 5) is 11.0. The molecule has 3 nitrogen and oxygen atoms in total. The van der Waals surface area contributed by atoms with Crippen LogP contribution in [0.2, 0.25) is 0 Å². The molecule has 0 bridgehead atoms. The number of rotatable bonds is 2. The molecule has 14 heavy (non-hydrogen) atoms. The Morgan fingerprint density at radius 3 is 2.64 bits per heavy atom. The van der Waals surface area contributed by atoms with Gasteiger partial charge in [0.15, 0.2) is 17.3 Å². The fourth-order valence-electron chi connectivity index (χ4n) is 1.05. The number of methoxy groups -OCH3 is 1. The van der Waals surface area contributed by atoms with Gasteiger partial charge < -0.3 is 9.84 Å². The van der Waals surface area contributed by atoms with Gasteiger partial charge in [0.1, 0.15) is 0 Å². The van der Waals surface area contributed by atoms with Crippen LogP contribution in [0.5, 0.6) is 11.5 Å². The van der Waals surface area contributed by atoms with Gasteiger partial charge in [0.05, 0.1) is 17.1 Å². The number of hydrogen-bond acceptors (Lipinski definition) is 3. The third-order valence-corrected chi connectivity index (χ3v) is 2.32. The number of ketones is 1. The van der Waals surface area contributed by atoms with Crippen molar-refractivity contribution in [3.63, 3.8) is 0 Å². The summed E-state index contributed by atoms with van der Waals surface area (Å²) in [6.45, 7) is 1.24. The molecule has 1 N–H and O–H groups in total. The molecule has 0 aliphatic heterocycles. The van der Waals surface area contributed by atoms with E-state index in [1.54, 1.807) is 0 Å². The zero-order valence-corrected chi connectivity index (χ0v) is 9.18. The Labute approximate surface area is 88.6 Å². The highest BCUT2D eigenvalue weighted by molar-refractivity contribution is 9.10. The summed E-state index contributed by atoms with van der Waals surface area (Å²) in [5, 5.41) is 9.31. The molecule has 0 amide bonds. The van der Waals surface area contributed by atoms with E-state index in [0.717, 1.165) is 0 Å². The van der Waals surface area contributed by atoms with Crippen molar-refractivity contribution in [1.82, 2.24) is 0 Å². The van der Waals surface area contributed by atoms with E-state index in [4.69, 9.17) is 4.74 Å². The largest absolute Gasteiger partial charge is 0.504 e. The maximum Gasteiger partial charge on any atom is 0.208 e. The molecule has 1 aromatic rings. The van der Waals surface area contributed by atoms with Gasteiger partial charge in [-0.05, 0) is 28.9 Å². The highest BCUT2D eigenvalue weighted by atomic mass is 79.9. The highest BCUT2D eigenvalue weighted by Crippen LogP contribution is 2.36. The molecule has 0 fully saturated rings. The predicted octanol–water partition coefficient (Wildman–Crippen LogP) is 2.51. The zero-order chi connectivity index (χ0) is 10.9. The van der Waals surface area contributed by atoms with Crippen LogP contribution in [0.15, 0.2) is 10.5 Å². The molecular weight excluding hydrogens is 255 g/mol. The van der Waals surface area contributed by atoms with E-state index in [1.807, 2.05) is 0 Å². The number of Topliss-reactive ketones (excluding diaryl/α,β-unsaturated/α-hetero) is 1. The highest BCUT2D eigenvalue weighted by Gasteiger charge is 2.19. The van der Waals surface area contributed by atoms with Crippen molar-refractivity contribution < 1.29 is 19.0 Å². The molecule has 0 saturated carbocycles. The maximum absolute atomic E-state index is 13.3. The number of ether oxygens (including phenoxy) is 1. The standard InChI is InChI=1S/C9H8BrFO3/c1-4(12)5-3-6(10)9(14-2)7(11)8(5)13/h3,13H,1-2H3. The number of phenolic OH excluding ortho intramolecular Hbond substituents is 1. The molecule has 0 spiro atoms. The Kier molecular flexibility index (Phi) is 3.10. The maximum atomic E-state index is 13.3. The van der Waals surface area contributed by atoms with Crippen molar-refractivity contribution in [2.75, 3.05) is 7.11 Å². The van der Waals surface area contributed by atoms with Crippen LogP contribution in [0.3, 0.4) is 0 Å². The van der Waals surface area contributed by atoms with Gasteiger partial charge in [-0.1, -0.05) is 0 Å². The first kappa shape index (κ1) is 11.0. The average molecular weight is 263 g/mol. The second-order valence-corrected chi connectivity index (χ2v) is 3.51. The van der Waals surface area contributed by atoms with Crippen LogP contribution in [0.1, 0.15) is 17.3 Å². The molecule has 0 radical (unpaired) electrons. The van der Waals surface area contributed by atoms with Gasteiger partial charge in [-0.2, -0.15) is 4.39 Å². The summed E-state index contributed by atoms with van der Waals surface area (Å²) >= 11 is 3.03. The van der Waals surface area contributed by atoms with Crippen LogP contribution >= 0.6 is 15.9 Å². The van der Waals surface area contributed by atoms with E-state index in [-0.39, 0.29) is 11.3 Å². The molecule has 0 unspecified atom stereocenters. The van der Waals surface area contributed by atoms with Crippen LogP contribution in [0.4, 0.5) is 4.39 Å². The van der Waals surface area contributed by atoms with E-state index in [0.29, 0.717) is 4.47 Å². The first-order chi connectivity index (χ1) is 6.49. The summed E-state index contributed by atoms with van der Waals surface area (Å²) in [5.41, 5.74) is -0.0739. The number of carbonyl (C=O) groups is 1. The lowest BCUT2D eigenvalue weighted by molar-refractivity contribution is 0.101. The molecule has 0 aliphatic rings. The van der Waals surface area contributed by atoms with Gasteiger partial charge >= 0.3 is 0 Å². The van der Waals surface area contributed by atoms with Crippen molar-refractivity contribution in [3.05, 3.63) is 21.9 Å². The Bertz CT molecular complexity index is 390. The summed E-state index contributed by atoms with van der Waals surface area (Å²) < 4.78 is 18.3. The first-order valence-corrected chi connectivity index (χ1v) is 4.54. The Morgan fingerprint density at radius 1 is 1.64 bits per heavy atom. The average Bonchev–Trinajstić information content (AvgIpc) is 2.12. The van der Waals surface area contributed by atoms with Gasteiger partial charge in [0, 0.05) is 0 Å². The summed E-state index contributed by atoms with van der Waals surface area (Å²) in [6.07, 6.45) is 0. The smallest absolute Gasteiger partial charge is 0.208 e. The van der Waals surface area contributed by atoms with Gasteiger partial charge in [-0.25, -0.2) is 0 Å². The minimum atomic E-state index is -0.938. The van der Waals surface area contributed by atoms with E-state index < -0.39 is 17.3 Å². The van der Waals surface area contributed by atoms with Crippen molar-refractivity contribution in [2.24, 2.45) is 0 Å².